The molecule has 0 aliphatic heterocycles. The van der Waals surface area contributed by atoms with Crippen LogP contribution in [0.1, 0.15) is 34.6 Å². The highest BCUT2D eigenvalue weighted by molar-refractivity contribution is 5.85. The smallest absolute Gasteiger partial charge is 0.00104 e. The van der Waals surface area contributed by atoms with Crippen LogP contribution in [0.5, 0.6) is 0 Å². The van der Waals surface area contributed by atoms with E-state index in [4.69, 9.17) is 0 Å². The van der Waals surface area contributed by atoms with E-state index in [1.807, 2.05) is 0 Å². The second kappa shape index (κ2) is 6.93. The minimum atomic E-state index is 0. The van der Waals surface area contributed by atoms with Crippen LogP contribution in [0.15, 0.2) is 0 Å². The fraction of sp³-hybridized carbons (Fsp3) is 1.00. The third-order valence-corrected chi connectivity index (χ3v) is 1.99. The molecule has 1 unspecified atom stereocenters. The van der Waals surface area contributed by atoms with Crippen LogP contribution in [-0.2, 0) is 0 Å². The quantitative estimate of drug-likeness (QED) is 0.700. The summed E-state index contributed by atoms with van der Waals surface area (Å²) in [5, 5.41) is 3.43. The highest BCUT2D eigenvalue weighted by Gasteiger charge is 2.06. The molecule has 0 aromatic rings. The molecule has 0 amide bonds. The predicted molar refractivity (Wildman–Crippen MR) is 54.4 cm³/mol. The monoisotopic (exact) mass is 179 g/mol. The molecule has 0 saturated heterocycles. The maximum atomic E-state index is 3.43. The zero-order valence-corrected chi connectivity index (χ0v) is 9.16. The Bertz CT molecular complexity index is 81.6. The van der Waals surface area contributed by atoms with Gasteiger partial charge in [0, 0.05) is 6.04 Å². The molecule has 70 valence electrons. The molecule has 0 rings (SSSR count). The molecule has 0 aliphatic carbocycles. The highest BCUT2D eigenvalue weighted by Crippen LogP contribution is 2.07. The van der Waals surface area contributed by atoms with Gasteiger partial charge in [0.25, 0.3) is 0 Å². The lowest BCUT2D eigenvalue weighted by molar-refractivity contribution is 0.379. The Morgan fingerprint density at radius 2 is 1.45 bits per heavy atom. The van der Waals surface area contributed by atoms with Crippen molar-refractivity contribution >= 4 is 12.4 Å². The standard InChI is InChI=1S/C9H21N.ClH/c1-7(2)9(5)6-10-8(3)4;/h7-10H,6H2,1-5H3;1H. The van der Waals surface area contributed by atoms with Gasteiger partial charge in [-0.25, -0.2) is 0 Å². The van der Waals surface area contributed by atoms with Gasteiger partial charge in [-0.2, -0.15) is 0 Å². The fourth-order valence-corrected chi connectivity index (χ4v) is 0.657. The molecule has 0 bridgehead atoms. The Balaban J connectivity index is 0. The lowest BCUT2D eigenvalue weighted by Crippen LogP contribution is -2.29. The molecule has 0 spiro atoms. The Morgan fingerprint density at radius 3 is 1.73 bits per heavy atom. The first-order valence-electron chi connectivity index (χ1n) is 4.27. The van der Waals surface area contributed by atoms with Gasteiger partial charge in [-0.15, -0.1) is 12.4 Å². The molecule has 0 aliphatic rings. The number of rotatable bonds is 4. The molecule has 1 atom stereocenters. The van der Waals surface area contributed by atoms with Crippen LogP contribution in [0, 0.1) is 11.8 Å². The molecule has 1 nitrogen and oxygen atoms in total. The summed E-state index contributed by atoms with van der Waals surface area (Å²) in [6, 6.07) is 0.626. The molecule has 11 heavy (non-hydrogen) atoms. The number of hydrogen-bond donors (Lipinski definition) is 1. The zero-order chi connectivity index (χ0) is 8.15. The average molecular weight is 180 g/mol. The molecule has 1 N–H and O–H groups in total. The van der Waals surface area contributed by atoms with Crippen LogP contribution in [-0.4, -0.2) is 12.6 Å². The summed E-state index contributed by atoms with van der Waals surface area (Å²) < 4.78 is 0. The predicted octanol–water partition coefficient (Wildman–Crippen LogP) is 2.70. The van der Waals surface area contributed by atoms with Crippen molar-refractivity contribution in [1.82, 2.24) is 5.32 Å². The topological polar surface area (TPSA) is 12.0 Å². The van der Waals surface area contributed by atoms with E-state index in [0.717, 1.165) is 18.4 Å². The van der Waals surface area contributed by atoms with E-state index >= 15 is 0 Å². The summed E-state index contributed by atoms with van der Waals surface area (Å²) in [6.45, 7) is 12.4. The third kappa shape index (κ3) is 8.15. The van der Waals surface area contributed by atoms with Crippen LogP contribution >= 0.6 is 12.4 Å². The van der Waals surface area contributed by atoms with E-state index in [2.05, 4.69) is 39.9 Å². The minimum absolute atomic E-state index is 0. The van der Waals surface area contributed by atoms with Crippen molar-refractivity contribution in [1.29, 1.82) is 0 Å². The van der Waals surface area contributed by atoms with Crippen molar-refractivity contribution < 1.29 is 0 Å². The van der Waals surface area contributed by atoms with Crippen LogP contribution in [0.2, 0.25) is 0 Å². The first-order valence-corrected chi connectivity index (χ1v) is 4.27. The van der Waals surface area contributed by atoms with E-state index < -0.39 is 0 Å². The molecule has 0 saturated carbocycles. The van der Waals surface area contributed by atoms with Gasteiger partial charge in [0.2, 0.25) is 0 Å². The van der Waals surface area contributed by atoms with E-state index in [-0.39, 0.29) is 12.4 Å². The molecular formula is C9H22ClN. The maximum Gasteiger partial charge on any atom is 0.00104 e. The first kappa shape index (κ1) is 13.8. The van der Waals surface area contributed by atoms with Gasteiger partial charge in [-0.3, -0.25) is 0 Å². The van der Waals surface area contributed by atoms with E-state index in [1.165, 1.54) is 0 Å². The third-order valence-electron chi connectivity index (χ3n) is 1.99. The second-order valence-corrected chi connectivity index (χ2v) is 3.78. The van der Waals surface area contributed by atoms with Crippen molar-refractivity contribution in [3.05, 3.63) is 0 Å². The normalized spacial score (nSPS) is 13.4. The summed E-state index contributed by atoms with van der Waals surface area (Å²) in [7, 11) is 0. The van der Waals surface area contributed by atoms with Crippen LogP contribution in [0.25, 0.3) is 0 Å². The molecule has 0 heterocycles. The summed E-state index contributed by atoms with van der Waals surface area (Å²) in [5.74, 6) is 1.59. The van der Waals surface area contributed by atoms with Gasteiger partial charge >= 0.3 is 0 Å². The lowest BCUT2D eigenvalue weighted by Gasteiger charge is -2.17. The second-order valence-electron chi connectivity index (χ2n) is 3.78. The minimum Gasteiger partial charge on any atom is -0.314 e. The number of nitrogens with one attached hydrogen (secondary N) is 1. The molecule has 0 radical (unpaired) electrons. The van der Waals surface area contributed by atoms with Gasteiger partial charge in [-0.1, -0.05) is 34.6 Å². The van der Waals surface area contributed by atoms with Crippen LogP contribution in [0.3, 0.4) is 0 Å². The Kier molecular flexibility index (Phi) is 8.70. The van der Waals surface area contributed by atoms with E-state index in [0.29, 0.717) is 6.04 Å². The van der Waals surface area contributed by atoms with Crippen molar-refractivity contribution in [2.75, 3.05) is 6.54 Å². The molecule has 0 aromatic heterocycles. The van der Waals surface area contributed by atoms with Crippen LogP contribution in [0.4, 0.5) is 0 Å². The first-order chi connectivity index (χ1) is 4.54. The Labute approximate surface area is 77.4 Å². The molecule has 2 heteroatoms. The largest absolute Gasteiger partial charge is 0.314 e. The fourth-order valence-electron chi connectivity index (χ4n) is 0.657. The van der Waals surface area contributed by atoms with Gasteiger partial charge in [0.05, 0.1) is 0 Å². The summed E-state index contributed by atoms with van der Waals surface area (Å²) in [6.07, 6.45) is 0. The number of halogens is 1. The van der Waals surface area contributed by atoms with Crippen LogP contribution < -0.4 is 5.32 Å². The SMILES string of the molecule is CC(C)NCC(C)C(C)C.Cl. The summed E-state index contributed by atoms with van der Waals surface area (Å²) in [5.41, 5.74) is 0. The van der Waals surface area contributed by atoms with Crippen molar-refractivity contribution in [3.63, 3.8) is 0 Å². The number of hydrogen-bond acceptors (Lipinski definition) is 1. The van der Waals surface area contributed by atoms with Crippen molar-refractivity contribution in [2.45, 2.75) is 40.7 Å². The lowest BCUT2D eigenvalue weighted by atomic mass is 9.98. The summed E-state index contributed by atoms with van der Waals surface area (Å²) >= 11 is 0. The summed E-state index contributed by atoms with van der Waals surface area (Å²) in [4.78, 5) is 0. The van der Waals surface area contributed by atoms with E-state index in [9.17, 15) is 0 Å². The maximum absolute atomic E-state index is 3.43. The van der Waals surface area contributed by atoms with Crippen molar-refractivity contribution in [3.8, 4) is 0 Å². The van der Waals surface area contributed by atoms with Gasteiger partial charge < -0.3 is 5.32 Å². The van der Waals surface area contributed by atoms with Gasteiger partial charge in [0.15, 0.2) is 0 Å². The van der Waals surface area contributed by atoms with Crippen molar-refractivity contribution in [2.24, 2.45) is 11.8 Å². The van der Waals surface area contributed by atoms with E-state index in [1.54, 1.807) is 0 Å². The Hall–Kier alpha value is 0.250. The van der Waals surface area contributed by atoms with Gasteiger partial charge in [0.1, 0.15) is 0 Å². The molecular weight excluding hydrogens is 158 g/mol. The highest BCUT2D eigenvalue weighted by atomic mass is 35.5. The molecule has 0 aromatic carbocycles. The Morgan fingerprint density at radius 1 is 1.00 bits per heavy atom. The zero-order valence-electron chi connectivity index (χ0n) is 8.35. The average Bonchev–Trinajstić information content (AvgIpc) is 1.82. The molecule has 0 fully saturated rings. The van der Waals surface area contributed by atoms with Gasteiger partial charge in [-0.05, 0) is 18.4 Å².